The number of anilines is 1. The Morgan fingerprint density at radius 1 is 1.14 bits per heavy atom. The van der Waals surface area contributed by atoms with Gasteiger partial charge in [0.2, 0.25) is 11.8 Å². The summed E-state index contributed by atoms with van der Waals surface area (Å²) in [5, 5.41) is 6.45. The molecule has 0 bridgehead atoms. The summed E-state index contributed by atoms with van der Waals surface area (Å²) < 4.78 is 11.1. The Hall–Kier alpha value is -2.28. The number of ether oxygens (including phenoxy) is 2. The van der Waals surface area contributed by atoms with Crippen LogP contribution in [0, 0.1) is 0 Å². The number of benzene rings is 1. The molecule has 1 aromatic carbocycles. The number of hydrogen-bond donors (Lipinski definition) is 2. The van der Waals surface area contributed by atoms with E-state index in [-0.39, 0.29) is 24.0 Å². The fraction of sp³-hybridized carbons (Fsp3) is 0.619. The van der Waals surface area contributed by atoms with Crippen molar-refractivity contribution in [2.24, 2.45) is 0 Å². The second-order valence-corrected chi connectivity index (χ2v) is 8.18. The van der Waals surface area contributed by atoms with Crippen LogP contribution in [0.5, 0.6) is 5.75 Å². The Labute approximate surface area is 165 Å². The average molecular weight is 387 g/mol. The molecule has 0 atom stereocenters. The molecule has 1 aliphatic carbocycles. The average Bonchev–Trinajstić information content (AvgIpc) is 3.21. The number of carbonyl (C=O) groups is 2. The predicted octanol–water partition coefficient (Wildman–Crippen LogP) is 1.93. The number of amides is 2. The molecule has 7 nitrogen and oxygen atoms in total. The standard InChI is InChI=1S/C21H29N3O4/c1-27-17-6-4-16(5-7-17)23-21(8-2-3-9-21)19(26)24-12-10-20(11-13-24)15-22-18(25)14-28-20/h4-7,23H,2-3,8-15H2,1H3,(H,22,25). The minimum atomic E-state index is -0.527. The SMILES string of the molecule is COc1ccc(NC2(C(=O)N3CCC4(CC3)CNC(=O)CO4)CCCC2)cc1. The monoisotopic (exact) mass is 387 g/mol. The number of piperidine rings is 1. The van der Waals surface area contributed by atoms with Crippen LogP contribution >= 0.6 is 0 Å². The molecule has 3 fully saturated rings. The van der Waals surface area contributed by atoms with Crippen LogP contribution in [-0.4, -0.2) is 61.2 Å². The highest BCUT2D eigenvalue weighted by molar-refractivity contribution is 5.90. The maximum atomic E-state index is 13.5. The summed E-state index contributed by atoms with van der Waals surface area (Å²) in [4.78, 5) is 26.9. The molecule has 7 heteroatoms. The summed E-state index contributed by atoms with van der Waals surface area (Å²) >= 11 is 0. The summed E-state index contributed by atoms with van der Waals surface area (Å²) in [5.41, 5.74) is 0.111. The van der Waals surface area contributed by atoms with Crippen molar-refractivity contribution in [1.82, 2.24) is 10.2 Å². The van der Waals surface area contributed by atoms with Crippen LogP contribution in [0.3, 0.4) is 0 Å². The van der Waals surface area contributed by atoms with E-state index in [1.54, 1.807) is 7.11 Å². The van der Waals surface area contributed by atoms with Crippen LogP contribution in [0.15, 0.2) is 24.3 Å². The van der Waals surface area contributed by atoms with Crippen LogP contribution < -0.4 is 15.4 Å². The molecule has 2 amide bonds. The lowest BCUT2D eigenvalue weighted by Crippen LogP contribution is -2.61. The third-order valence-electron chi connectivity index (χ3n) is 6.42. The fourth-order valence-electron chi connectivity index (χ4n) is 4.64. The van der Waals surface area contributed by atoms with Crippen LogP contribution in [0.25, 0.3) is 0 Å². The smallest absolute Gasteiger partial charge is 0.248 e. The van der Waals surface area contributed by atoms with Gasteiger partial charge in [-0.15, -0.1) is 0 Å². The van der Waals surface area contributed by atoms with Crippen molar-refractivity contribution in [2.45, 2.75) is 49.7 Å². The Morgan fingerprint density at radius 2 is 1.82 bits per heavy atom. The number of nitrogens with one attached hydrogen (secondary N) is 2. The van der Waals surface area contributed by atoms with E-state index in [4.69, 9.17) is 9.47 Å². The van der Waals surface area contributed by atoms with Gasteiger partial charge in [-0.3, -0.25) is 9.59 Å². The molecule has 152 valence electrons. The van der Waals surface area contributed by atoms with Gasteiger partial charge in [0.15, 0.2) is 0 Å². The summed E-state index contributed by atoms with van der Waals surface area (Å²) in [6, 6.07) is 7.76. The zero-order valence-electron chi connectivity index (χ0n) is 16.5. The van der Waals surface area contributed by atoms with E-state index >= 15 is 0 Å². The highest BCUT2D eigenvalue weighted by Gasteiger charge is 2.47. The van der Waals surface area contributed by atoms with Gasteiger partial charge in [0, 0.05) is 25.3 Å². The van der Waals surface area contributed by atoms with Crippen LogP contribution in [0.1, 0.15) is 38.5 Å². The van der Waals surface area contributed by atoms with Crippen molar-refractivity contribution in [3.8, 4) is 5.75 Å². The predicted molar refractivity (Wildman–Crippen MR) is 105 cm³/mol. The van der Waals surface area contributed by atoms with Gasteiger partial charge in [-0.25, -0.2) is 0 Å². The van der Waals surface area contributed by atoms with Crippen molar-refractivity contribution in [1.29, 1.82) is 0 Å². The Balaban J connectivity index is 1.43. The minimum Gasteiger partial charge on any atom is -0.497 e. The minimum absolute atomic E-state index is 0.0577. The molecule has 1 saturated carbocycles. The van der Waals surface area contributed by atoms with Crippen molar-refractivity contribution in [3.05, 3.63) is 24.3 Å². The topological polar surface area (TPSA) is 79.9 Å². The molecule has 0 aromatic heterocycles. The van der Waals surface area contributed by atoms with E-state index in [0.29, 0.717) is 19.6 Å². The molecule has 0 radical (unpaired) electrons. The van der Waals surface area contributed by atoms with Gasteiger partial charge in [-0.2, -0.15) is 0 Å². The molecule has 0 unspecified atom stereocenters. The van der Waals surface area contributed by atoms with Crippen molar-refractivity contribution in [3.63, 3.8) is 0 Å². The summed E-state index contributed by atoms with van der Waals surface area (Å²) in [6.45, 7) is 2.00. The van der Waals surface area contributed by atoms with E-state index in [1.165, 1.54) is 0 Å². The van der Waals surface area contributed by atoms with Gasteiger partial charge in [0.25, 0.3) is 0 Å². The number of methoxy groups -OCH3 is 1. The molecular weight excluding hydrogens is 358 g/mol. The number of carbonyl (C=O) groups excluding carboxylic acids is 2. The molecule has 2 aliphatic heterocycles. The summed E-state index contributed by atoms with van der Waals surface area (Å²) in [6.07, 6.45) is 5.34. The highest BCUT2D eigenvalue weighted by atomic mass is 16.5. The first-order valence-corrected chi connectivity index (χ1v) is 10.2. The lowest BCUT2D eigenvalue weighted by Gasteiger charge is -2.45. The quantitative estimate of drug-likeness (QED) is 0.825. The Kier molecular flexibility index (Phi) is 5.19. The van der Waals surface area contributed by atoms with E-state index in [0.717, 1.165) is 50.0 Å². The molecule has 1 spiro atoms. The van der Waals surface area contributed by atoms with Gasteiger partial charge >= 0.3 is 0 Å². The van der Waals surface area contributed by atoms with E-state index < -0.39 is 5.54 Å². The molecule has 2 saturated heterocycles. The maximum Gasteiger partial charge on any atom is 0.248 e. The number of nitrogens with zero attached hydrogens (tertiary/aromatic N) is 1. The van der Waals surface area contributed by atoms with Crippen molar-refractivity contribution >= 4 is 17.5 Å². The first-order valence-electron chi connectivity index (χ1n) is 10.2. The van der Waals surface area contributed by atoms with Crippen LogP contribution in [-0.2, 0) is 14.3 Å². The molecule has 1 aromatic rings. The normalized spacial score (nSPS) is 23.3. The maximum absolute atomic E-state index is 13.5. The second-order valence-electron chi connectivity index (χ2n) is 8.18. The zero-order chi connectivity index (χ0) is 19.6. The number of likely N-dealkylation sites (tertiary alicyclic amines) is 1. The lowest BCUT2D eigenvalue weighted by molar-refractivity contribution is -0.156. The molecule has 4 rings (SSSR count). The summed E-state index contributed by atoms with van der Waals surface area (Å²) in [5.74, 6) is 0.937. The number of morpholine rings is 1. The Bertz CT molecular complexity index is 708. The van der Waals surface area contributed by atoms with Crippen LogP contribution in [0.4, 0.5) is 5.69 Å². The van der Waals surface area contributed by atoms with Gasteiger partial charge < -0.3 is 25.0 Å². The van der Waals surface area contributed by atoms with Gasteiger partial charge in [-0.1, -0.05) is 12.8 Å². The molecule has 28 heavy (non-hydrogen) atoms. The second kappa shape index (κ2) is 7.62. The van der Waals surface area contributed by atoms with E-state index in [1.807, 2.05) is 29.2 Å². The van der Waals surface area contributed by atoms with Gasteiger partial charge in [-0.05, 0) is 49.9 Å². The number of hydrogen-bond acceptors (Lipinski definition) is 5. The van der Waals surface area contributed by atoms with Crippen LogP contribution in [0.2, 0.25) is 0 Å². The fourth-order valence-corrected chi connectivity index (χ4v) is 4.64. The Morgan fingerprint density at radius 3 is 2.39 bits per heavy atom. The van der Waals surface area contributed by atoms with Crippen molar-refractivity contribution < 1.29 is 19.1 Å². The van der Waals surface area contributed by atoms with Crippen molar-refractivity contribution in [2.75, 3.05) is 38.7 Å². The molecule has 3 aliphatic rings. The zero-order valence-corrected chi connectivity index (χ0v) is 16.5. The first-order chi connectivity index (χ1) is 13.5. The van der Waals surface area contributed by atoms with Gasteiger partial charge in [0.05, 0.1) is 12.7 Å². The molecule has 2 heterocycles. The molecular formula is C21H29N3O4. The van der Waals surface area contributed by atoms with Gasteiger partial charge in [0.1, 0.15) is 17.9 Å². The largest absolute Gasteiger partial charge is 0.497 e. The summed E-state index contributed by atoms with van der Waals surface area (Å²) in [7, 11) is 1.65. The van der Waals surface area contributed by atoms with E-state index in [2.05, 4.69) is 10.6 Å². The van der Waals surface area contributed by atoms with E-state index in [9.17, 15) is 9.59 Å². The third-order valence-corrected chi connectivity index (χ3v) is 6.42. The first kappa shape index (κ1) is 19.1. The lowest BCUT2D eigenvalue weighted by atomic mass is 9.87. The number of rotatable bonds is 4. The third kappa shape index (κ3) is 3.68. The molecule has 2 N–H and O–H groups in total. The highest BCUT2D eigenvalue weighted by Crippen LogP contribution is 2.37.